The third-order valence-corrected chi connectivity index (χ3v) is 7.23. The van der Waals surface area contributed by atoms with E-state index < -0.39 is 6.10 Å². The first-order valence-corrected chi connectivity index (χ1v) is 11.5. The number of nitrogen functional groups attached to an aromatic ring is 1. The molecule has 0 saturated carbocycles. The fraction of sp³-hybridized carbons (Fsp3) is 0.500. The smallest absolute Gasteiger partial charge is 0.242 e. The Morgan fingerprint density at radius 3 is 2.16 bits per heavy atom. The monoisotopic (exact) mass is 438 g/mol. The summed E-state index contributed by atoms with van der Waals surface area (Å²) in [5.74, 6) is 0.232. The summed E-state index contributed by atoms with van der Waals surface area (Å²) in [6.07, 6.45) is 1.31. The Morgan fingerprint density at radius 1 is 1.06 bits per heavy atom. The number of carbonyl (C=O) groups is 1. The summed E-state index contributed by atoms with van der Waals surface area (Å²) in [7, 11) is 1.70. The third kappa shape index (κ3) is 5.08. The minimum absolute atomic E-state index is 0.0127. The average molecular weight is 439 g/mol. The molecule has 0 aromatic heterocycles. The summed E-state index contributed by atoms with van der Waals surface area (Å²) in [6.45, 7) is 10.5. The largest absolute Gasteiger partial charge is 0.398 e. The van der Waals surface area contributed by atoms with Crippen molar-refractivity contribution in [3.8, 4) is 0 Å². The molecular weight excluding hydrogens is 400 g/mol. The van der Waals surface area contributed by atoms with Crippen molar-refractivity contribution in [3.05, 3.63) is 58.1 Å². The standard InChI is InChI=1S/C26H38N4O2/c1-16-18(3)24(19(4)17(2)23(16)27)29-25(26(32)28-5)21-11-13-30(14-12-21)15-22(31)20-9-7-6-8-10-20/h6-10,21-22,25,29,31H,11-15,27H2,1-5H3,(H,28,32). The van der Waals surface area contributed by atoms with Gasteiger partial charge in [-0.15, -0.1) is 0 Å². The van der Waals surface area contributed by atoms with Crippen LogP contribution in [0.1, 0.15) is 46.8 Å². The van der Waals surface area contributed by atoms with Gasteiger partial charge in [0.25, 0.3) is 0 Å². The molecule has 32 heavy (non-hydrogen) atoms. The van der Waals surface area contributed by atoms with Gasteiger partial charge in [0.1, 0.15) is 6.04 Å². The molecule has 1 amide bonds. The van der Waals surface area contributed by atoms with Gasteiger partial charge in [0.05, 0.1) is 6.10 Å². The van der Waals surface area contributed by atoms with Crippen LogP contribution in [0.4, 0.5) is 11.4 Å². The number of anilines is 2. The van der Waals surface area contributed by atoms with Crippen LogP contribution in [0.3, 0.4) is 0 Å². The highest BCUT2D eigenvalue weighted by Gasteiger charge is 2.32. The molecule has 3 rings (SSSR count). The number of aliphatic hydroxyl groups is 1. The van der Waals surface area contributed by atoms with Crippen LogP contribution in [0, 0.1) is 33.6 Å². The lowest BCUT2D eigenvalue weighted by Gasteiger charge is -2.37. The summed E-state index contributed by atoms with van der Waals surface area (Å²) in [5, 5.41) is 17.0. The minimum atomic E-state index is -0.494. The second-order valence-corrected chi connectivity index (χ2v) is 9.09. The van der Waals surface area contributed by atoms with E-state index in [-0.39, 0.29) is 17.9 Å². The number of nitrogens with one attached hydrogen (secondary N) is 2. The number of piperidine rings is 1. The van der Waals surface area contributed by atoms with Gasteiger partial charge in [-0.25, -0.2) is 0 Å². The van der Waals surface area contributed by atoms with Gasteiger partial charge in [-0.3, -0.25) is 4.79 Å². The van der Waals surface area contributed by atoms with Crippen LogP contribution < -0.4 is 16.4 Å². The zero-order valence-corrected chi connectivity index (χ0v) is 20.0. The summed E-state index contributed by atoms with van der Waals surface area (Å²) in [5.41, 5.74) is 13.4. The topological polar surface area (TPSA) is 90.6 Å². The molecule has 0 aliphatic carbocycles. The molecular formula is C26H38N4O2. The molecule has 5 N–H and O–H groups in total. The van der Waals surface area contributed by atoms with Crippen molar-refractivity contribution in [1.82, 2.24) is 10.2 Å². The highest BCUT2D eigenvalue weighted by atomic mass is 16.3. The maximum absolute atomic E-state index is 12.9. The van der Waals surface area contributed by atoms with Crippen molar-refractivity contribution in [2.24, 2.45) is 5.92 Å². The molecule has 2 aromatic carbocycles. The fourth-order valence-electron chi connectivity index (χ4n) is 4.76. The van der Waals surface area contributed by atoms with E-state index in [0.717, 1.165) is 65.1 Å². The van der Waals surface area contributed by atoms with E-state index in [2.05, 4.69) is 29.4 Å². The van der Waals surface area contributed by atoms with E-state index in [0.29, 0.717) is 6.54 Å². The molecule has 0 bridgehead atoms. The lowest BCUT2D eigenvalue weighted by Crippen LogP contribution is -2.48. The number of aliphatic hydroxyl groups excluding tert-OH is 1. The van der Waals surface area contributed by atoms with Crippen molar-refractivity contribution in [2.75, 3.05) is 37.7 Å². The maximum atomic E-state index is 12.9. The lowest BCUT2D eigenvalue weighted by molar-refractivity contribution is -0.122. The molecule has 1 saturated heterocycles. The number of nitrogens with two attached hydrogens (primary N) is 1. The van der Waals surface area contributed by atoms with E-state index in [1.165, 1.54) is 0 Å². The van der Waals surface area contributed by atoms with Crippen LogP contribution >= 0.6 is 0 Å². The molecule has 1 aliphatic heterocycles. The third-order valence-electron chi connectivity index (χ3n) is 7.23. The number of hydrogen-bond donors (Lipinski definition) is 4. The summed E-state index contributed by atoms with van der Waals surface area (Å²) < 4.78 is 0. The number of likely N-dealkylation sites (tertiary alicyclic amines) is 1. The summed E-state index contributed by atoms with van der Waals surface area (Å²) in [4.78, 5) is 15.2. The van der Waals surface area contributed by atoms with Gasteiger partial charge >= 0.3 is 0 Å². The normalized spacial score (nSPS) is 17.1. The molecule has 1 heterocycles. The van der Waals surface area contributed by atoms with Crippen LogP contribution in [0.15, 0.2) is 30.3 Å². The first-order chi connectivity index (χ1) is 15.2. The zero-order valence-electron chi connectivity index (χ0n) is 20.0. The molecule has 1 fully saturated rings. The first-order valence-electron chi connectivity index (χ1n) is 11.5. The van der Waals surface area contributed by atoms with Gasteiger partial charge in [-0.2, -0.15) is 0 Å². The molecule has 0 spiro atoms. The Morgan fingerprint density at radius 2 is 1.62 bits per heavy atom. The van der Waals surface area contributed by atoms with Crippen LogP contribution in [0.5, 0.6) is 0 Å². The van der Waals surface area contributed by atoms with Gasteiger partial charge in [-0.1, -0.05) is 30.3 Å². The van der Waals surface area contributed by atoms with Crippen LogP contribution in [0.25, 0.3) is 0 Å². The Labute approximate surface area is 192 Å². The second kappa shape index (κ2) is 10.4. The molecule has 6 nitrogen and oxygen atoms in total. The van der Waals surface area contributed by atoms with Crippen molar-refractivity contribution in [1.29, 1.82) is 0 Å². The zero-order chi connectivity index (χ0) is 23.4. The Kier molecular flexibility index (Phi) is 7.80. The molecule has 6 heteroatoms. The van der Waals surface area contributed by atoms with Gasteiger partial charge < -0.3 is 26.4 Å². The number of likely N-dealkylation sites (N-methyl/N-ethyl adjacent to an activating group) is 1. The van der Waals surface area contributed by atoms with Gasteiger partial charge in [-0.05, 0) is 87.4 Å². The summed E-state index contributed by atoms with van der Waals surface area (Å²) >= 11 is 0. The predicted octanol–water partition coefficient (Wildman–Crippen LogP) is 3.47. The van der Waals surface area contributed by atoms with Gasteiger partial charge in [0, 0.05) is 25.0 Å². The molecule has 2 unspecified atom stereocenters. The van der Waals surface area contributed by atoms with Crippen molar-refractivity contribution in [3.63, 3.8) is 0 Å². The number of carbonyl (C=O) groups excluding carboxylic acids is 1. The van der Waals surface area contributed by atoms with Gasteiger partial charge in [0.2, 0.25) is 5.91 Å². The molecule has 2 aromatic rings. The van der Waals surface area contributed by atoms with Crippen LogP contribution in [0.2, 0.25) is 0 Å². The van der Waals surface area contributed by atoms with E-state index >= 15 is 0 Å². The number of nitrogens with zero attached hydrogens (tertiary/aromatic N) is 1. The number of benzene rings is 2. The van der Waals surface area contributed by atoms with Crippen molar-refractivity contribution >= 4 is 17.3 Å². The van der Waals surface area contributed by atoms with E-state index in [1.807, 2.05) is 44.2 Å². The van der Waals surface area contributed by atoms with Crippen LogP contribution in [-0.2, 0) is 4.79 Å². The number of β-amino-alcohol motifs (C(OH)–C–C–N with tert-alkyl or cyclic N) is 1. The maximum Gasteiger partial charge on any atom is 0.242 e. The summed E-state index contributed by atoms with van der Waals surface area (Å²) in [6, 6.07) is 9.49. The molecule has 0 radical (unpaired) electrons. The fourth-order valence-corrected chi connectivity index (χ4v) is 4.76. The minimum Gasteiger partial charge on any atom is -0.398 e. The SMILES string of the molecule is CNC(=O)C(Nc1c(C)c(C)c(N)c(C)c1C)C1CCN(CC(O)c2ccccc2)CC1. The predicted molar refractivity (Wildman–Crippen MR) is 132 cm³/mol. The lowest BCUT2D eigenvalue weighted by atomic mass is 9.87. The van der Waals surface area contributed by atoms with E-state index in [4.69, 9.17) is 5.73 Å². The van der Waals surface area contributed by atoms with Crippen molar-refractivity contribution in [2.45, 2.75) is 52.7 Å². The average Bonchev–Trinajstić information content (AvgIpc) is 2.82. The molecule has 2 atom stereocenters. The molecule has 174 valence electrons. The Balaban J connectivity index is 1.71. The number of amides is 1. The Bertz CT molecular complexity index is 908. The first kappa shape index (κ1) is 24.1. The Hall–Kier alpha value is -2.57. The molecule has 1 aliphatic rings. The van der Waals surface area contributed by atoms with E-state index in [9.17, 15) is 9.90 Å². The van der Waals surface area contributed by atoms with Crippen molar-refractivity contribution < 1.29 is 9.90 Å². The number of hydrogen-bond acceptors (Lipinski definition) is 5. The second-order valence-electron chi connectivity index (χ2n) is 9.09. The highest BCUT2D eigenvalue weighted by molar-refractivity contribution is 5.86. The van der Waals surface area contributed by atoms with E-state index in [1.54, 1.807) is 7.05 Å². The quantitative estimate of drug-likeness (QED) is 0.497. The van der Waals surface area contributed by atoms with Gasteiger partial charge in [0.15, 0.2) is 0 Å². The van der Waals surface area contributed by atoms with Crippen LogP contribution in [-0.4, -0.2) is 48.6 Å². The highest BCUT2D eigenvalue weighted by Crippen LogP contribution is 2.34. The number of rotatable bonds is 7.